The third-order valence-corrected chi connectivity index (χ3v) is 6.85. The maximum Gasteiger partial charge on any atom is 0.262 e. The zero-order valence-corrected chi connectivity index (χ0v) is 19.3. The van der Waals surface area contributed by atoms with Crippen LogP contribution in [0.1, 0.15) is 29.8 Å². The second-order valence-corrected chi connectivity index (χ2v) is 10.1. The third kappa shape index (κ3) is 5.28. The number of hydrogen-bond acceptors (Lipinski definition) is 5. The molecule has 0 aromatic heterocycles. The number of carbonyl (C=O) groups excluding carboxylic acids is 1. The fourth-order valence-corrected chi connectivity index (χ4v) is 4.56. The number of hydrogen-bond donors (Lipinski definition) is 2. The topological polar surface area (TPSA) is 93.7 Å². The number of sulfonamides is 1. The van der Waals surface area contributed by atoms with E-state index >= 15 is 0 Å². The summed E-state index contributed by atoms with van der Waals surface area (Å²) in [6.45, 7) is 5.40. The zero-order valence-electron chi connectivity index (χ0n) is 18.5. The number of rotatable bonds is 7. The van der Waals surface area contributed by atoms with Gasteiger partial charge in [0.1, 0.15) is 13.2 Å². The van der Waals surface area contributed by atoms with Crippen LogP contribution in [-0.4, -0.2) is 34.1 Å². The second kappa shape index (κ2) is 9.15. The summed E-state index contributed by atoms with van der Waals surface area (Å²) in [5, 5.41) is 2.96. The highest BCUT2D eigenvalue weighted by atomic mass is 32.2. The van der Waals surface area contributed by atoms with Gasteiger partial charge in [-0.3, -0.25) is 9.52 Å². The van der Waals surface area contributed by atoms with Crippen LogP contribution in [0.3, 0.4) is 0 Å². The van der Waals surface area contributed by atoms with Crippen LogP contribution in [0.5, 0.6) is 11.5 Å². The van der Waals surface area contributed by atoms with E-state index in [-0.39, 0.29) is 16.2 Å². The van der Waals surface area contributed by atoms with Crippen molar-refractivity contribution in [3.05, 3.63) is 83.9 Å². The molecule has 3 aromatic carbocycles. The van der Waals surface area contributed by atoms with Crippen LogP contribution < -0.4 is 19.5 Å². The second-order valence-electron chi connectivity index (χ2n) is 8.42. The van der Waals surface area contributed by atoms with Crippen LogP contribution >= 0.6 is 0 Å². The van der Waals surface area contributed by atoms with E-state index in [2.05, 4.69) is 23.9 Å². The van der Waals surface area contributed by atoms with E-state index in [4.69, 9.17) is 9.47 Å². The lowest BCUT2D eigenvalue weighted by atomic mass is 9.84. The maximum absolute atomic E-state index is 12.8. The third-order valence-electron chi connectivity index (χ3n) is 5.47. The Bertz CT molecular complexity index is 1240. The van der Waals surface area contributed by atoms with E-state index in [1.165, 1.54) is 12.1 Å². The van der Waals surface area contributed by atoms with Crippen LogP contribution in [0.25, 0.3) is 0 Å². The molecule has 4 rings (SSSR count). The molecule has 3 aromatic rings. The first-order chi connectivity index (χ1) is 15.7. The molecule has 0 radical (unpaired) electrons. The van der Waals surface area contributed by atoms with E-state index in [0.29, 0.717) is 42.5 Å². The van der Waals surface area contributed by atoms with E-state index in [1.807, 2.05) is 30.3 Å². The number of carbonyl (C=O) groups is 1. The lowest BCUT2D eigenvalue weighted by Gasteiger charge is -2.25. The SMILES string of the molecule is CC(C)(CNC(=O)c1ccc(NS(=O)(=O)c2ccc3c(c2)OCCO3)cc1)c1ccccc1. The molecule has 1 amide bonds. The van der Waals surface area contributed by atoms with Crippen molar-refractivity contribution in [1.29, 1.82) is 0 Å². The summed E-state index contributed by atoms with van der Waals surface area (Å²) in [6.07, 6.45) is 0. The van der Waals surface area contributed by atoms with Crippen molar-refractivity contribution in [3.8, 4) is 11.5 Å². The lowest BCUT2D eigenvalue weighted by Crippen LogP contribution is -2.36. The molecule has 0 spiro atoms. The Morgan fingerprint density at radius 1 is 0.909 bits per heavy atom. The van der Waals surface area contributed by atoms with Gasteiger partial charge in [-0.15, -0.1) is 0 Å². The molecule has 172 valence electrons. The number of benzene rings is 3. The molecule has 0 atom stereocenters. The van der Waals surface area contributed by atoms with Crippen LogP contribution in [0.2, 0.25) is 0 Å². The van der Waals surface area contributed by atoms with Gasteiger partial charge >= 0.3 is 0 Å². The Morgan fingerprint density at radius 2 is 1.58 bits per heavy atom. The smallest absolute Gasteiger partial charge is 0.262 e. The fraction of sp³-hybridized carbons (Fsp3) is 0.240. The number of amides is 1. The van der Waals surface area contributed by atoms with Gasteiger partial charge in [0.05, 0.1) is 4.90 Å². The summed E-state index contributed by atoms with van der Waals surface area (Å²) in [6, 6.07) is 20.8. The molecule has 1 aliphatic heterocycles. The van der Waals surface area contributed by atoms with Gasteiger partial charge in [0.15, 0.2) is 11.5 Å². The zero-order chi connectivity index (χ0) is 23.5. The van der Waals surface area contributed by atoms with E-state index in [0.717, 1.165) is 5.56 Å². The summed E-state index contributed by atoms with van der Waals surface area (Å²) in [4.78, 5) is 12.7. The quantitative estimate of drug-likeness (QED) is 0.550. The highest BCUT2D eigenvalue weighted by Gasteiger charge is 2.22. The molecular formula is C25H26N2O5S. The van der Waals surface area contributed by atoms with Crippen molar-refractivity contribution in [1.82, 2.24) is 5.32 Å². The number of ether oxygens (including phenoxy) is 2. The van der Waals surface area contributed by atoms with E-state index in [9.17, 15) is 13.2 Å². The summed E-state index contributed by atoms with van der Waals surface area (Å²) < 4.78 is 39.0. The minimum atomic E-state index is -3.83. The van der Waals surface area contributed by atoms with Gasteiger partial charge in [0.2, 0.25) is 0 Å². The molecule has 0 saturated heterocycles. The van der Waals surface area contributed by atoms with Crippen molar-refractivity contribution in [2.45, 2.75) is 24.2 Å². The molecule has 0 unspecified atom stereocenters. The van der Waals surface area contributed by atoms with Crippen molar-refractivity contribution in [2.24, 2.45) is 0 Å². The van der Waals surface area contributed by atoms with Gasteiger partial charge in [-0.1, -0.05) is 44.2 Å². The number of fused-ring (bicyclic) bond motifs is 1. The molecule has 2 N–H and O–H groups in total. The molecule has 0 fully saturated rings. The fourth-order valence-electron chi connectivity index (χ4n) is 3.49. The normalized spacial score (nSPS) is 13.3. The average molecular weight is 467 g/mol. The molecule has 1 heterocycles. The Kier molecular flexibility index (Phi) is 6.29. The Labute approximate surface area is 193 Å². The van der Waals surface area contributed by atoms with Crippen LogP contribution in [0.15, 0.2) is 77.7 Å². The molecule has 0 aliphatic carbocycles. The predicted octanol–water partition coefficient (Wildman–Crippen LogP) is 3.97. The summed E-state index contributed by atoms with van der Waals surface area (Å²) in [5.74, 6) is 0.695. The largest absolute Gasteiger partial charge is 0.486 e. The minimum absolute atomic E-state index is 0.0664. The highest BCUT2D eigenvalue weighted by molar-refractivity contribution is 7.92. The first kappa shape index (κ1) is 22.7. The summed E-state index contributed by atoms with van der Waals surface area (Å²) in [5.41, 5.74) is 1.71. The van der Waals surface area contributed by atoms with Gasteiger partial charge < -0.3 is 14.8 Å². The summed E-state index contributed by atoms with van der Waals surface area (Å²) in [7, 11) is -3.83. The van der Waals surface area contributed by atoms with Crippen molar-refractivity contribution in [3.63, 3.8) is 0 Å². The van der Waals surface area contributed by atoms with E-state index < -0.39 is 10.0 Å². The van der Waals surface area contributed by atoms with Gasteiger partial charge in [0, 0.05) is 29.3 Å². The summed E-state index contributed by atoms with van der Waals surface area (Å²) >= 11 is 0. The average Bonchev–Trinajstić information content (AvgIpc) is 2.83. The molecule has 0 bridgehead atoms. The van der Waals surface area contributed by atoms with Crippen molar-refractivity contribution >= 4 is 21.6 Å². The molecule has 0 saturated carbocycles. The number of anilines is 1. The Morgan fingerprint density at radius 3 is 2.27 bits per heavy atom. The monoisotopic (exact) mass is 466 g/mol. The molecule has 7 nitrogen and oxygen atoms in total. The van der Waals surface area contributed by atoms with Gasteiger partial charge in [0.25, 0.3) is 15.9 Å². The Balaban J connectivity index is 1.40. The standard InChI is InChI=1S/C25H26N2O5S/c1-25(2,19-6-4-3-5-7-19)17-26-24(28)18-8-10-20(11-9-18)27-33(29,30)21-12-13-22-23(16-21)32-15-14-31-22/h3-13,16,27H,14-15,17H2,1-2H3,(H,26,28). The maximum atomic E-state index is 12.8. The van der Waals surface area contributed by atoms with E-state index in [1.54, 1.807) is 30.3 Å². The van der Waals surface area contributed by atoms with Crippen molar-refractivity contribution < 1.29 is 22.7 Å². The molecule has 33 heavy (non-hydrogen) atoms. The molecule has 8 heteroatoms. The van der Waals surface area contributed by atoms with Crippen LogP contribution in [0, 0.1) is 0 Å². The van der Waals surface area contributed by atoms with Crippen LogP contribution in [0.4, 0.5) is 5.69 Å². The Hall–Kier alpha value is -3.52. The van der Waals surface area contributed by atoms with Gasteiger partial charge in [-0.25, -0.2) is 8.42 Å². The van der Waals surface area contributed by atoms with Crippen LogP contribution in [-0.2, 0) is 15.4 Å². The predicted molar refractivity (Wildman–Crippen MR) is 126 cm³/mol. The first-order valence-electron chi connectivity index (χ1n) is 10.6. The molecular weight excluding hydrogens is 440 g/mol. The minimum Gasteiger partial charge on any atom is -0.486 e. The first-order valence-corrected chi connectivity index (χ1v) is 12.1. The lowest BCUT2D eigenvalue weighted by molar-refractivity contribution is 0.0945. The van der Waals surface area contributed by atoms with Gasteiger partial charge in [-0.2, -0.15) is 0 Å². The van der Waals surface area contributed by atoms with Crippen molar-refractivity contribution in [2.75, 3.05) is 24.5 Å². The van der Waals surface area contributed by atoms with Gasteiger partial charge in [-0.05, 0) is 42.0 Å². The highest BCUT2D eigenvalue weighted by Crippen LogP contribution is 2.32. The molecule has 1 aliphatic rings. The number of nitrogens with one attached hydrogen (secondary N) is 2.